The van der Waals surface area contributed by atoms with Gasteiger partial charge in [-0.25, -0.2) is 4.98 Å². The van der Waals surface area contributed by atoms with Crippen LogP contribution in [0.2, 0.25) is 0 Å². The van der Waals surface area contributed by atoms with Crippen LogP contribution in [-0.4, -0.2) is 46.8 Å². The molecule has 37 heavy (non-hydrogen) atoms. The van der Waals surface area contributed by atoms with Crippen molar-refractivity contribution in [2.75, 3.05) is 30.4 Å². The van der Waals surface area contributed by atoms with Crippen molar-refractivity contribution in [3.05, 3.63) is 78.1 Å². The standard InChI is InChI=1S/C29H32N6O2/c1-3-28(36)35-14-11-20(12-15-35)19-4-6-22(7-5-19)33-27-17-26(24(18-32-27)29(30)37)34(2)23-8-9-25-21(16-23)10-13-31-25/h4-10,13,16-18,20,31H,3,11-12,14-15H2,1-2H3,(H2,30,37)(H,32,33). The second-order valence-corrected chi connectivity index (χ2v) is 9.51. The van der Waals surface area contributed by atoms with Crippen molar-refractivity contribution in [2.24, 2.45) is 5.73 Å². The van der Waals surface area contributed by atoms with Crippen molar-refractivity contribution in [3.8, 4) is 0 Å². The number of carbonyl (C=O) groups excluding carboxylic acids is 2. The lowest BCUT2D eigenvalue weighted by molar-refractivity contribution is -0.131. The molecule has 4 aromatic rings. The number of nitrogens with two attached hydrogens (primary N) is 1. The quantitative estimate of drug-likeness (QED) is 0.322. The summed E-state index contributed by atoms with van der Waals surface area (Å²) in [6.45, 7) is 3.56. The minimum atomic E-state index is -0.528. The summed E-state index contributed by atoms with van der Waals surface area (Å²) in [4.78, 5) is 35.7. The summed E-state index contributed by atoms with van der Waals surface area (Å²) in [5.74, 6) is 0.789. The first kappa shape index (κ1) is 24.4. The molecule has 190 valence electrons. The second kappa shape index (κ2) is 10.3. The van der Waals surface area contributed by atoms with Gasteiger partial charge in [0.25, 0.3) is 5.91 Å². The Balaban J connectivity index is 1.32. The lowest BCUT2D eigenvalue weighted by Gasteiger charge is -2.32. The van der Waals surface area contributed by atoms with Gasteiger partial charge in [0.15, 0.2) is 0 Å². The summed E-state index contributed by atoms with van der Waals surface area (Å²) < 4.78 is 0. The Morgan fingerprint density at radius 2 is 1.86 bits per heavy atom. The van der Waals surface area contributed by atoms with E-state index in [0.717, 1.165) is 48.2 Å². The molecule has 1 fully saturated rings. The molecule has 2 aromatic carbocycles. The van der Waals surface area contributed by atoms with Gasteiger partial charge in [-0.05, 0) is 60.7 Å². The van der Waals surface area contributed by atoms with Gasteiger partial charge in [0.05, 0.1) is 11.3 Å². The third-order valence-corrected chi connectivity index (χ3v) is 7.24. The van der Waals surface area contributed by atoms with Crippen LogP contribution < -0.4 is 16.0 Å². The summed E-state index contributed by atoms with van der Waals surface area (Å²) >= 11 is 0. The first-order chi connectivity index (χ1) is 17.9. The SMILES string of the molecule is CCC(=O)N1CCC(c2ccc(Nc3cc(N(C)c4ccc5[nH]ccc5c4)c(C(N)=O)cn3)cc2)CC1. The molecule has 2 aromatic heterocycles. The van der Waals surface area contributed by atoms with E-state index in [-0.39, 0.29) is 5.91 Å². The zero-order valence-corrected chi connectivity index (χ0v) is 21.2. The number of fused-ring (bicyclic) bond motifs is 1. The number of aromatic amines is 1. The van der Waals surface area contributed by atoms with Crippen LogP contribution in [0.15, 0.2) is 67.0 Å². The molecule has 0 spiro atoms. The van der Waals surface area contributed by atoms with Gasteiger partial charge in [0.2, 0.25) is 5.91 Å². The number of anilines is 4. The lowest BCUT2D eigenvalue weighted by atomic mass is 9.89. The average molecular weight is 497 g/mol. The van der Waals surface area contributed by atoms with Crippen molar-refractivity contribution in [3.63, 3.8) is 0 Å². The molecule has 3 heterocycles. The number of H-pyrrole nitrogens is 1. The second-order valence-electron chi connectivity index (χ2n) is 9.51. The summed E-state index contributed by atoms with van der Waals surface area (Å²) in [5.41, 5.74) is 10.9. The number of nitrogens with zero attached hydrogens (tertiary/aromatic N) is 3. The van der Waals surface area contributed by atoms with E-state index in [1.165, 1.54) is 11.8 Å². The molecule has 8 heteroatoms. The molecule has 0 aliphatic carbocycles. The molecule has 1 aliphatic rings. The maximum absolute atomic E-state index is 12.2. The molecule has 0 atom stereocenters. The number of hydrogen-bond acceptors (Lipinski definition) is 5. The number of amides is 2. The number of carbonyl (C=O) groups is 2. The van der Waals surface area contributed by atoms with Crippen LogP contribution in [0.25, 0.3) is 10.9 Å². The first-order valence-electron chi connectivity index (χ1n) is 12.7. The van der Waals surface area contributed by atoms with Crippen LogP contribution in [0, 0.1) is 0 Å². The van der Waals surface area contributed by atoms with Gasteiger partial charge in [-0.2, -0.15) is 0 Å². The van der Waals surface area contributed by atoms with Gasteiger partial charge in [0, 0.05) is 67.3 Å². The minimum absolute atomic E-state index is 0.239. The van der Waals surface area contributed by atoms with Crippen LogP contribution in [0.3, 0.4) is 0 Å². The molecule has 1 aliphatic heterocycles. The van der Waals surface area contributed by atoms with Gasteiger partial charge >= 0.3 is 0 Å². The largest absolute Gasteiger partial charge is 0.365 e. The van der Waals surface area contributed by atoms with Crippen molar-refractivity contribution in [1.82, 2.24) is 14.9 Å². The number of likely N-dealkylation sites (tertiary alicyclic amines) is 1. The van der Waals surface area contributed by atoms with Gasteiger partial charge in [-0.1, -0.05) is 19.1 Å². The van der Waals surface area contributed by atoms with Crippen LogP contribution in [0.5, 0.6) is 0 Å². The van der Waals surface area contributed by atoms with Crippen LogP contribution in [0.1, 0.15) is 48.0 Å². The molecule has 4 N–H and O–H groups in total. The molecule has 0 bridgehead atoms. The van der Waals surface area contributed by atoms with E-state index in [1.807, 2.05) is 66.4 Å². The minimum Gasteiger partial charge on any atom is -0.365 e. The third kappa shape index (κ3) is 5.14. The fourth-order valence-corrected chi connectivity index (χ4v) is 5.04. The number of piperidine rings is 1. The number of benzene rings is 2. The van der Waals surface area contributed by atoms with Gasteiger partial charge in [0.1, 0.15) is 5.82 Å². The first-order valence-corrected chi connectivity index (χ1v) is 12.7. The zero-order chi connectivity index (χ0) is 25.9. The summed E-state index contributed by atoms with van der Waals surface area (Å²) in [6.07, 6.45) is 5.96. The summed E-state index contributed by atoms with van der Waals surface area (Å²) in [7, 11) is 1.91. The molecule has 0 radical (unpaired) electrons. The topological polar surface area (TPSA) is 107 Å². The summed E-state index contributed by atoms with van der Waals surface area (Å²) in [6, 6.07) is 18.3. The highest BCUT2D eigenvalue weighted by Crippen LogP contribution is 2.32. The predicted octanol–water partition coefficient (Wildman–Crippen LogP) is 5.29. The maximum Gasteiger partial charge on any atom is 0.252 e. The van der Waals surface area contributed by atoms with E-state index < -0.39 is 5.91 Å². The smallest absolute Gasteiger partial charge is 0.252 e. The number of pyridine rings is 1. The average Bonchev–Trinajstić information content (AvgIpc) is 3.41. The maximum atomic E-state index is 12.2. The zero-order valence-electron chi connectivity index (χ0n) is 21.2. The number of rotatable bonds is 7. The Hall–Kier alpha value is -4.33. The molecule has 5 rings (SSSR count). The van der Waals surface area contributed by atoms with E-state index in [4.69, 9.17) is 5.73 Å². The van der Waals surface area contributed by atoms with E-state index in [2.05, 4.69) is 33.5 Å². The van der Waals surface area contributed by atoms with Gasteiger partial charge in [-0.15, -0.1) is 0 Å². The van der Waals surface area contributed by atoms with Crippen LogP contribution >= 0.6 is 0 Å². The Bertz CT molecular complexity index is 1420. The highest BCUT2D eigenvalue weighted by Gasteiger charge is 2.23. The Morgan fingerprint density at radius 1 is 1.11 bits per heavy atom. The molecular weight excluding hydrogens is 464 g/mol. The van der Waals surface area contributed by atoms with Crippen molar-refractivity contribution < 1.29 is 9.59 Å². The molecule has 0 saturated carbocycles. The highest BCUT2D eigenvalue weighted by atomic mass is 16.2. The lowest BCUT2D eigenvalue weighted by Crippen LogP contribution is -2.37. The van der Waals surface area contributed by atoms with E-state index in [9.17, 15) is 9.59 Å². The monoisotopic (exact) mass is 496 g/mol. The van der Waals surface area contributed by atoms with Gasteiger partial charge in [-0.3, -0.25) is 9.59 Å². The molecule has 8 nitrogen and oxygen atoms in total. The number of nitrogens with one attached hydrogen (secondary N) is 2. The van der Waals surface area contributed by atoms with Crippen molar-refractivity contribution >= 4 is 45.6 Å². The Labute approximate surface area is 216 Å². The van der Waals surface area contributed by atoms with Crippen molar-refractivity contribution in [2.45, 2.75) is 32.1 Å². The Kier molecular flexibility index (Phi) is 6.81. The van der Waals surface area contributed by atoms with E-state index in [0.29, 0.717) is 29.4 Å². The normalized spacial score (nSPS) is 14.1. The number of aromatic nitrogens is 2. The van der Waals surface area contributed by atoms with E-state index in [1.54, 1.807) is 0 Å². The van der Waals surface area contributed by atoms with Gasteiger partial charge < -0.3 is 25.8 Å². The fourth-order valence-electron chi connectivity index (χ4n) is 5.04. The van der Waals surface area contributed by atoms with Crippen molar-refractivity contribution in [1.29, 1.82) is 0 Å². The molecular formula is C29H32N6O2. The number of primary amides is 1. The molecule has 0 unspecified atom stereocenters. The predicted molar refractivity (Wildman–Crippen MR) is 148 cm³/mol. The Morgan fingerprint density at radius 3 is 2.57 bits per heavy atom. The number of hydrogen-bond donors (Lipinski definition) is 3. The molecule has 1 saturated heterocycles. The molecule has 2 amide bonds. The third-order valence-electron chi connectivity index (χ3n) is 7.24. The van der Waals surface area contributed by atoms with Crippen LogP contribution in [0.4, 0.5) is 22.9 Å². The van der Waals surface area contributed by atoms with Crippen LogP contribution in [-0.2, 0) is 4.79 Å². The highest BCUT2D eigenvalue weighted by molar-refractivity contribution is 6.00. The van der Waals surface area contributed by atoms with E-state index >= 15 is 0 Å². The fraction of sp³-hybridized carbons (Fsp3) is 0.276. The summed E-state index contributed by atoms with van der Waals surface area (Å²) in [5, 5.41) is 4.44.